The van der Waals surface area contributed by atoms with Crippen LogP contribution in [-0.4, -0.2) is 70.8 Å². The number of rotatable bonds is 21. The van der Waals surface area contributed by atoms with Crippen LogP contribution >= 0.6 is 36.0 Å². The highest BCUT2D eigenvalue weighted by Gasteiger charge is 2.27. The van der Waals surface area contributed by atoms with Gasteiger partial charge in [0.25, 0.3) is 30.3 Å². The fraction of sp³-hybridized carbons (Fsp3) is 0.0556. The number of halogens is 1. The standard InChI is InChI=1S/C36H31ClN10O18S6/c37-24-16-28(26(39)17-25(24)38)44-41-19-1-3-21(4-2-19)47-69(53,54)22-7-5-20(6-8-22)42-46-35-31(71(58,59)60)14-18-13-29(66-64-62-49)34(36(48)32(18)33(35)40)45-43-27-10-9-23(15-30(27)70(55,56)57)68(51,52)12-11-61-67-65-63-50/h1-10,13-17,47-50H,11-12,38-40H2,(H,55,56,57)(H,58,59,60). The van der Waals surface area contributed by atoms with Crippen molar-refractivity contribution in [3.63, 3.8) is 0 Å². The van der Waals surface area contributed by atoms with E-state index in [0.717, 1.165) is 36.4 Å². The molecule has 35 heteroatoms. The van der Waals surface area contributed by atoms with E-state index in [-0.39, 0.29) is 73.0 Å². The van der Waals surface area contributed by atoms with Gasteiger partial charge in [0.05, 0.1) is 77.9 Å². The Morgan fingerprint density at radius 1 is 0.634 bits per heavy atom. The minimum Gasteiger partial charge on any atom is -0.505 e. The monoisotopic (exact) mass is 1120 g/mol. The molecule has 6 aromatic carbocycles. The van der Waals surface area contributed by atoms with E-state index >= 15 is 0 Å². The molecule has 0 heterocycles. The number of benzene rings is 6. The van der Waals surface area contributed by atoms with Crippen LogP contribution in [0.1, 0.15) is 0 Å². The van der Waals surface area contributed by atoms with Crippen LogP contribution in [-0.2, 0) is 63.0 Å². The zero-order valence-electron chi connectivity index (χ0n) is 34.9. The van der Waals surface area contributed by atoms with Gasteiger partial charge in [-0.3, -0.25) is 18.0 Å². The van der Waals surface area contributed by atoms with Crippen LogP contribution in [0.4, 0.5) is 56.9 Å². The summed E-state index contributed by atoms with van der Waals surface area (Å²) in [4.78, 5) is -3.26. The van der Waals surface area contributed by atoms with Crippen molar-refractivity contribution in [2.45, 2.75) is 24.5 Å². The number of phenols is 1. The molecule has 0 radical (unpaired) electrons. The smallest absolute Gasteiger partial charge is 0.296 e. The fourth-order valence-corrected chi connectivity index (χ4v) is 10.4. The lowest BCUT2D eigenvalue weighted by Crippen LogP contribution is -2.12. The molecular formula is C36H31ClN10O18S6. The molecule has 0 fully saturated rings. The van der Waals surface area contributed by atoms with Crippen LogP contribution in [0.2, 0.25) is 5.02 Å². The van der Waals surface area contributed by atoms with Crippen molar-refractivity contribution < 1.29 is 81.3 Å². The van der Waals surface area contributed by atoms with E-state index in [4.69, 9.17) is 43.5 Å². The Hall–Kier alpha value is -6.19. The quantitative estimate of drug-likeness (QED) is 0.00618. The number of sulfone groups is 1. The first-order valence-electron chi connectivity index (χ1n) is 18.6. The number of nitrogens with one attached hydrogen (secondary N) is 1. The zero-order valence-corrected chi connectivity index (χ0v) is 40.5. The third-order valence-electron chi connectivity index (χ3n) is 9.07. The summed E-state index contributed by atoms with van der Waals surface area (Å²) in [6.07, 6.45) is 0. The highest BCUT2D eigenvalue weighted by molar-refractivity contribution is 7.94. The second kappa shape index (κ2) is 22.5. The zero-order chi connectivity index (χ0) is 51.9. The number of sulfonamides is 1. The fourth-order valence-electron chi connectivity index (χ4n) is 5.84. The van der Waals surface area contributed by atoms with Gasteiger partial charge in [-0.1, -0.05) is 21.7 Å². The number of nitrogens with two attached hydrogens (primary N) is 3. The highest BCUT2D eigenvalue weighted by Crippen LogP contribution is 2.50. The number of azo groups is 3. The maximum atomic E-state index is 13.2. The van der Waals surface area contributed by atoms with Gasteiger partial charge in [0.2, 0.25) is 0 Å². The minimum absolute atomic E-state index is 0.0716. The van der Waals surface area contributed by atoms with Crippen LogP contribution in [0.5, 0.6) is 5.75 Å². The van der Waals surface area contributed by atoms with Crippen LogP contribution < -0.4 is 21.9 Å². The third kappa shape index (κ3) is 13.4. The van der Waals surface area contributed by atoms with Crippen LogP contribution in [0.15, 0.2) is 146 Å². The predicted molar refractivity (Wildman–Crippen MR) is 254 cm³/mol. The highest BCUT2D eigenvalue weighted by atomic mass is 35.5. The van der Waals surface area contributed by atoms with Gasteiger partial charge in [-0.2, -0.15) is 27.1 Å². The van der Waals surface area contributed by atoms with E-state index in [1.807, 2.05) is 0 Å². The Bertz CT molecular complexity index is 3560. The van der Waals surface area contributed by atoms with Gasteiger partial charge in [-0.15, -0.1) is 29.1 Å². The predicted octanol–water partition coefficient (Wildman–Crippen LogP) is 8.69. The molecule has 0 aliphatic rings. The number of hydrogen-bond acceptors (Lipinski definition) is 27. The minimum atomic E-state index is -5.25. The molecule has 6 aromatic rings. The lowest BCUT2D eigenvalue weighted by Gasteiger charge is -2.14. The Morgan fingerprint density at radius 2 is 1.23 bits per heavy atom. The van der Waals surface area contributed by atoms with Gasteiger partial charge in [-0.25, -0.2) is 27.4 Å². The second-order valence-electron chi connectivity index (χ2n) is 13.6. The molecule has 0 atom stereocenters. The topological polar surface area (TPSA) is 448 Å². The van der Waals surface area contributed by atoms with Gasteiger partial charge in [0.1, 0.15) is 32.5 Å². The van der Waals surface area contributed by atoms with Crippen molar-refractivity contribution in [1.29, 1.82) is 0 Å². The third-order valence-corrected chi connectivity index (χ3v) is 15.2. The summed E-state index contributed by atoms with van der Waals surface area (Å²) in [5, 5.41) is 58.5. The maximum absolute atomic E-state index is 13.2. The molecule has 0 aliphatic carbocycles. The van der Waals surface area contributed by atoms with Gasteiger partial charge in [0.15, 0.2) is 27.9 Å². The Morgan fingerprint density at radius 3 is 1.86 bits per heavy atom. The van der Waals surface area contributed by atoms with Crippen LogP contribution in [0.25, 0.3) is 10.8 Å². The average Bonchev–Trinajstić information content (AvgIpc) is 3.30. The van der Waals surface area contributed by atoms with E-state index in [2.05, 4.69) is 54.2 Å². The van der Waals surface area contributed by atoms with Crippen molar-refractivity contribution in [3.8, 4) is 5.75 Å². The number of hydrogen-bond donors (Lipinski definition) is 9. The van der Waals surface area contributed by atoms with Crippen molar-refractivity contribution in [2.24, 2.45) is 30.7 Å². The normalized spacial score (nSPS) is 12.7. The largest absolute Gasteiger partial charge is 0.505 e. The lowest BCUT2D eigenvalue weighted by molar-refractivity contribution is -0.434. The van der Waals surface area contributed by atoms with Gasteiger partial charge >= 0.3 is 0 Å². The van der Waals surface area contributed by atoms with E-state index in [9.17, 15) is 47.9 Å². The summed E-state index contributed by atoms with van der Waals surface area (Å²) in [6, 6.07) is 17.4. The summed E-state index contributed by atoms with van der Waals surface area (Å²) >= 11 is 6.25. The number of nitrogens with zero attached hydrogens (tertiary/aromatic N) is 6. The second-order valence-corrected chi connectivity index (χ2v) is 21.9. The lowest BCUT2D eigenvalue weighted by atomic mass is 10.1. The maximum Gasteiger partial charge on any atom is 0.296 e. The van der Waals surface area contributed by atoms with Crippen molar-refractivity contribution in [1.82, 2.24) is 0 Å². The molecule has 0 amide bonds. The summed E-state index contributed by atoms with van der Waals surface area (Å²) < 4.78 is 138. The molecule has 0 bridgehead atoms. The number of aromatic hydroxyl groups is 1. The SMILES string of the molecule is Nc1cc(N)c(N=Nc2ccc(NS(=O)(=O)c3ccc(N=Nc4c(S(=O)(=O)O)cc5cc(SOOO)c(N=Nc6ccc(S(=O)(=O)CCOSOOO)cc6S(=O)(=O)O)c(O)c5c4N)cc3)cc2)cc1Cl. The molecule has 0 saturated carbocycles. The van der Waals surface area contributed by atoms with E-state index < -0.39 is 101 Å². The summed E-state index contributed by atoms with van der Waals surface area (Å²) in [7, 11) is -19.0. The number of anilines is 4. The van der Waals surface area contributed by atoms with E-state index in [1.54, 1.807) is 0 Å². The number of phenolic OH excluding ortho intramolecular Hbond substituents is 1. The Balaban J connectivity index is 1.30. The molecule has 0 saturated heterocycles. The number of nitrogen functional groups attached to an aromatic ring is 3. The Labute approximate surface area is 413 Å². The molecule has 0 aliphatic heterocycles. The van der Waals surface area contributed by atoms with Gasteiger partial charge in [-0.05, 0) is 96.4 Å². The van der Waals surface area contributed by atoms with Crippen molar-refractivity contribution >= 4 is 144 Å². The van der Waals surface area contributed by atoms with E-state index in [1.165, 1.54) is 48.5 Å². The Kier molecular flexibility index (Phi) is 17.1. The van der Waals surface area contributed by atoms with Gasteiger partial charge < -0.3 is 22.3 Å². The molecule has 0 spiro atoms. The van der Waals surface area contributed by atoms with Crippen molar-refractivity contribution in [2.75, 3.05) is 34.3 Å². The molecule has 12 N–H and O–H groups in total. The first-order chi connectivity index (χ1) is 33.4. The molecule has 0 unspecified atom stereocenters. The molecular weight excluding hydrogens is 1090 g/mol. The molecule has 376 valence electrons. The molecule has 0 aromatic heterocycles. The molecule has 6 rings (SSSR count). The van der Waals surface area contributed by atoms with Crippen LogP contribution in [0.3, 0.4) is 0 Å². The first-order valence-corrected chi connectivity index (χ1v) is 26.4. The van der Waals surface area contributed by atoms with Gasteiger partial charge in [0, 0.05) is 5.69 Å². The summed E-state index contributed by atoms with van der Waals surface area (Å²) in [6.45, 7) is -0.549. The number of fused-ring (bicyclic) bond motifs is 1. The summed E-state index contributed by atoms with van der Waals surface area (Å²) in [5.41, 5.74) is 16.4. The first kappa shape index (κ1) is 54.1. The molecule has 71 heavy (non-hydrogen) atoms. The van der Waals surface area contributed by atoms with Crippen LogP contribution in [0, 0.1) is 0 Å². The summed E-state index contributed by atoms with van der Waals surface area (Å²) in [5.74, 6) is -1.70. The van der Waals surface area contributed by atoms with Crippen molar-refractivity contribution in [3.05, 3.63) is 96.0 Å². The average molecular weight is 1120 g/mol. The molecule has 28 nitrogen and oxygen atoms in total. The van der Waals surface area contributed by atoms with E-state index in [0.29, 0.717) is 11.8 Å².